The molecule has 0 aliphatic heterocycles. The Balaban J connectivity index is 1.68. The maximum atomic E-state index is 14.0. The van der Waals surface area contributed by atoms with Crippen molar-refractivity contribution in [2.24, 2.45) is 0 Å². The van der Waals surface area contributed by atoms with Crippen molar-refractivity contribution in [2.45, 2.75) is 13.5 Å². The Bertz CT molecular complexity index is 956. The first-order valence-electron chi connectivity index (χ1n) is 8.56. The van der Waals surface area contributed by atoms with E-state index < -0.39 is 18.4 Å². The summed E-state index contributed by atoms with van der Waals surface area (Å²) < 4.78 is 18.9. The second-order valence-corrected chi connectivity index (χ2v) is 6.20. The predicted molar refractivity (Wildman–Crippen MR) is 103 cm³/mol. The summed E-state index contributed by atoms with van der Waals surface area (Å²) in [6, 6.07) is 20.8. The zero-order chi connectivity index (χ0) is 19.2. The monoisotopic (exact) mass is 365 g/mol. The summed E-state index contributed by atoms with van der Waals surface area (Å²) in [6.07, 6.45) is 0. The highest BCUT2D eigenvalue weighted by Gasteiger charge is 2.07. The largest absolute Gasteiger partial charge is 0.479 e. The Kier molecular flexibility index (Phi) is 5.71. The number of benzene rings is 3. The van der Waals surface area contributed by atoms with Crippen LogP contribution in [0.5, 0.6) is 5.75 Å². The molecule has 0 amide bonds. The fourth-order valence-electron chi connectivity index (χ4n) is 2.82. The van der Waals surface area contributed by atoms with Gasteiger partial charge in [-0.3, -0.25) is 0 Å². The van der Waals surface area contributed by atoms with Crippen LogP contribution in [0, 0.1) is 12.7 Å². The number of nitrogens with one attached hydrogen (secondary N) is 1. The van der Waals surface area contributed by atoms with Gasteiger partial charge in [0.05, 0.1) is 0 Å². The maximum absolute atomic E-state index is 14.0. The summed E-state index contributed by atoms with van der Waals surface area (Å²) in [5, 5.41) is 11.8. The Morgan fingerprint density at radius 3 is 2.63 bits per heavy atom. The molecule has 3 rings (SSSR count). The van der Waals surface area contributed by atoms with E-state index in [0.717, 1.165) is 11.1 Å². The molecule has 3 aromatic rings. The van der Waals surface area contributed by atoms with Crippen LogP contribution in [0.15, 0.2) is 66.7 Å². The number of hydrogen-bond donors (Lipinski definition) is 2. The summed E-state index contributed by atoms with van der Waals surface area (Å²) >= 11 is 0. The average Bonchev–Trinajstić information content (AvgIpc) is 2.66. The molecular formula is C22H20FNO3. The minimum Gasteiger partial charge on any atom is -0.479 e. The summed E-state index contributed by atoms with van der Waals surface area (Å²) in [4.78, 5) is 10.5. The molecule has 0 saturated heterocycles. The van der Waals surface area contributed by atoms with Crippen LogP contribution in [0.4, 0.5) is 10.1 Å². The molecule has 0 spiro atoms. The number of aryl methyl sites for hydroxylation is 1. The van der Waals surface area contributed by atoms with Crippen molar-refractivity contribution >= 4 is 11.7 Å². The van der Waals surface area contributed by atoms with Crippen LogP contribution < -0.4 is 10.1 Å². The van der Waals surface area contributed by atoms with Crippen molar-refractivity contribution in [3.63, 3.8) is 0 Å². The number of carboxylic acid groups (broad SMARTS) is 1. The number of hydrogen-bond acceptors (Lipinski definition) is 3. The topological polar surface area (TPSA) is 58.6 Å². The van der Waals surface area contributed by atoms with Gasteiger partial charge in [0.15, 0.2) is 18.2 Å². The van der Waals surface area contributed by atoms with Crippen molar-refractivity contribution in [2.75, 3.05) is 11.9 Å². The Morgan fingerprint density at radius 1 is 1.07 bits per heavy atom. The number of rotatable bonds is 7. The lowest BCUT2D eigenvalue weighted by Gasteiger charge is -2.11. The van der Waals surface area contributed by atoms with Gasteiger partial charge in [-0.2, -0.15) is 0 Å². The van der Waals surface area contributed by atoms with Crippen molar-refractivity contribution in [3.05, 3.63) is 83.7 Å². The van der Waals surface area contributed by atoms with Gasteiger partial charge in [0.25, 0.3) is 0 Å². The van der Waals surface area contributed by atoms with E-state index in [4.69, 9.17) is 9.84 Å². The first-order chi connectivity index (χ1) is 13.0. The highest BCUT2D eigenvalue weighted by molar-refractivity contribution is 5.69. The molecule has 4 nitrogen and oxygen atoms in total. The van der Waals surface area contributed by atoms with Crippen LogP contribution in [0.1, 0.15) is 11.1 Å². The number of aliphatic carboxylic acids is 1. The smallest absolute Gasteiger partial charge is 0.341 e. The summed E-state index contributed by atoms with van der Waals surface area (Å²) in [5.74, 6) is -1.83. The standard InChI is InChI=1S/C22H20FNO3/c1-15-5-2-3-8-19(15)17-7-4-6-16(11-17)13-24-18-9-10-21(20(23)12-18)27-14-22(25)26/h2-12,24H,13-14H2,1H3,(H,25,26). The Labute approximate surface area is 157 Å². The summed E-state index contributed by atoms with van der Waals surface area (Å²) in [6.45, 7) is 2.04. The van der Waals surface area contributed by atoms with Gasteiger partial charge in [-0.15, -0.1) is 0 Å². The zero-order valence-electron chi connectivity index (χ0n) is 14.9. The number of anilines is 1. The second kappa shape index (κ2) is 8.36. The van der Waals surface area contributed by atoms with Gasteiger partial charge in [-0.25, -0.2) is 9.18 Å². The lowest BCUT2D eigenvalue weighted by molar-refractivity contribution is -0.139. The van der Waals surface area contributed by atoms with Crippen LogP contribution in [-0.4, -0.2) is 17.7 Å². The highest BCUT2D eigenvalue weighted by atomic mass is 19.1. The molecule has 0 unspecified atom stereocenters. The molecule has 138 valence electrons. The highest BCUT2D eigenvalue weighted by Crippen LogP contribution is 2.25. The minimum atomic E-state index is -1.15. The van der Waals surface area contributed by atoms with Gasteiger partial charge in [0, 0.05) is 18.3 Å². The van der Waals surface area contributed by atoms with Crippen LogP contribution in [0.25, 0.3) is 11.1 Å². The van der Waals surface area contributed by atoms with Crippen LogP contribution in [0.2, 0.25) is 0 Å². The first kappa shape index (κ1) is 18.5. The summed E-state index contributed by atoms with van der Waals surface area (Å²) in [7, 11) is 0. The van der Waals surface area contributed by atoms with Gasteiger partial charge < -0.3 is 15.2 Å². The molecule has 27 heavy (non-hydrogen) atoms. The van der Waals surface area contributed by atoms with E-state index in [9.17, 15) is 9.18 Å². The van der Waals surface area contributed by atoms with Gasteiger partial charge in [0.2, 0.25) is 0 Å². The van der Waals surface area contributed by atoms with Crippen molar-refractivity contribution in [1.82, 2.24) is 0 Å². The van der Waals surface area contributed by atoms with E-state index in [-0.39, 0.29) is 5.75 Å². The normalized spacial score (nSPS) is 10.4. The molecular weight excluding hydrogens is 345 g/mol. The third-order valence-corrected chi connectivity index (χ3v) is 4.16. The Morgan fingerprint density at radius 2 is 1.89 bits per heavy atom. The van der Waals surface area contributed by atoms with Crippen LogP contribution in [0.3, 0.4) is 0 Å². The quantitative estimate of drug-likeness (QED) is 0.627. The number of ether oxygens (including phenoxy) is 1. The van der Waals surface area contributed by atoms with E-state index in [2.05, 4.69) is 36.5 Å². The first-order valence-corrected chi connectivity index (χ1v) is 8.56. The molecule has 0 fully saturated rings. The lowest BCUT2D eigenvalue weighted by atomic mass is 9.99. The van der Waals surface area contributed by atoms with E-state index in [0.29, 0.717) is 12.2 Å². The third-order valence-electron chi connectivity index (χ3n) is 4.16. The third kappa shape index (κ3) is 4.85. The van der Waals surface area contributed by atoms with Crippen molar-refractivity contribution < 1.29 is 19.0 Å². The van der Waals surface area contributed by atoms with Crippen LogP contribution in [-0.2, 0) is 11.3 Å². The zero-order valence-corrected chi connectivity index (χ0v) is 14.9. The van der Waals surface area contributed by atoms with Gasteiger partial charge >= 0.3 is 5.97 Å². The average molecular weight is 365 g/mol. The van der Waals surface area contributed by atoms with E-state index in [1.54, 1.807) is 6.07 Å². The van der Waals surface area contributed by atoms with Crippen molar-refractivity contribution in [3.8, 4) is 16.9 Å². The van der Waals surface area contributed by atoms with Gasteiger partial charge in [-0.05, 0) is 47.4 Å². The molecule has 0 aliphatic carbocycles. The fourth-order valence-corrected chi connectivity index (χ4v) is 2.82. The van der Waals surface area contributed by atoms with Gasteiger partial charge in [-0.1, -0.05) is 42.5 Å². The number of carboxylic acids is 1. The molecule has 5 heteroatoms. The second-order valence-electron chi connectivity index (χ2n) is 6.20. The minimum absolute atomic E-state index is 0.0792. The molecule has 2 N–H and O–H groups in total. The molecule has 0 aromatic heterocycles. The molecule has 0 atom stereocenters. The number of carbonyl (C=O) groups is 1. The molecule has 0 aliphatic rings. The van der Waals surface area contributed by atoms with Crippen LogP contribution >= 0.6 is 0 Å². The van der Waals surface area contributed by atoms with Gasteiger partial charge in [0.1, 0.15) is 0 Å². The number of halogens is 1. The molecule has 0 radical (unpaired) electrons. The fraction of sp³-hybridized carbons (Fsp3) is 0.136. The maximum Gasteiger partial charge on any atom is 0.341 e. The van der Waals surface area contributed by atoms with E-state index in [1.165, 1.54) is 23.3 Å². The Hall–Kier alpha value is -3.34. The molecule has 0 bridgehead atoms. The predicted octanol–water partition coefficient (Wildman–Crippen LogP) is 4.88. The SMILES string of the molecule is Cc1ccccc1-c1cccc(CNc2ccc(OCC(=O)O)c(F)c2)c1. The lowest BCUT2D eigenvalue weighted by Crippen LogP contribution is -2.10. The molecule has 0 heterocycles. The summed E-state index contributed by atoms with van der Waals surface area (Å²) in [5.41, 5.74) is 5.20. The molecule has 3 aromatic carbocycles. The van der Waals surface area contributed by atoms with Crippen molar-refractivity contribution in [1.29, 1.82) is 0 Å². The van der Waals surface area contributed by atoms with E-state index >= 15 is 0 Å². The van der Waals surface area contributed by atoms with E-state index in [1.807, 2.05) is 24.3 Å². The molecule has 0 saturated carbocycles.